The molecular formula is C12H18O3. The summed E-state index contributed by atoms with van der Waals surface area (Å²) in [5, 5.41) is 9.56. The van der Waals surface area contributed by atoms with Gasteiger partial charge in [0, 0.05) is 13.7 Å². The van der Waals surface area contributed by atoms with E-state index in [0.717, 1.165) is 12.2 Å². The predicted octanol–water partition coefficient (Wildman–Crippen LogP) is 1.85. The molecule has 0 bridgehead atoms. The van der Waals surface area contributed by atoms with Crippen LogP contribution in [0.4, 0.5) is 0 Å². The second-order valence-electron chi connectivity index (χ2n) is 3.41. The highest BCUT2D eigenvalue weighted by molar-refractivity contribution is 5.20. The number of ether oxygens (including phenoxy) is 2. The van der Waals surface area contributed by atoms with Crippen LogP contribution < -0.4 is 4.74 Å². The van der Waals surface area contributed by atoms with Crippen molar-refractivity contribution >= 4 is 0 Å². The van der Waals surface area contributed by atoms with Gasteiger partial charge in [0.25, 0.3) is 0 Å². The Hall–Kier alpha value is -1.06. The quantitative estimate of drug-likeness (QED) is 0.698. The molecule has 0 saturated carbocycles. The zero-order valence-electron chi connectivity index (χ0n) is 9.06. The maximum absolute atomic E-state index is 9.56. The second kappa shape index (κ2) is 7.26. The van der Waals surface area contributed by atoms with Crippen molar-refractivity contribution in [2.45, 2.75) is 18.9 Å². The van der Waals surface area contributed by atoms with Gasteiger partial charge in [-0.1, -0.05) is 18.2 Å². The van der Waals surface area contributed by atoms with Crippen LogP contribution in [0.2, 0.25) is 0 Å². The topological polar surface area (TPSA) is 38.7 Å². The Morgan fingerprint density at radius 2 is 2.00 bits per heavy atom. The maximum Gasteiger partial charge on any atom is 0.119 e. The molecule has 0 heterocycles. The SMILES string of the molecule is COCCCC(O)COc1ccccc1. The number of methoxy groups -OCH3 is 1. The fourth-order valence-corrected chi connectivity index (χ4v) is 1.26. The standard InChI is InChI=1S/C12H18O3/c1-14-9-5-6-11(13)10-15-12-7-3-2-4-8-12/h2-4,7-8,11,13H,5-6,9-10H2,1H3. The normalized spacial score (nSPS) is 12.4. The highest BCUT2D eigenvalue weighted by Gasteiger charge is 2.04. The van der Waals surface area contributed by atoms with Crippen molar-refractivity contribution < 1.29 is 14.6 Å². The van der Waals surface area contributed by atoms with Crippen molar-refractivity contribution in [1.29, 1.82) is 0 Å². The fourth-order valence-electron chi connectivity index (χ4n) is 1.26. The van der Waals surface area contributed by atoms with E-state index >= 15 is 0 Å². The Morgan fingerprint density at radius 1 is 1.27 bits per heavy atom. The summed E-state index contributed by atoms with van der Waals surface area (Å²) in [5.74, 6) is 0.795. The average Bonchev–Trinajstić information content (AvgIpc) is 2.28. The van der Waals surface area contributed by atoms with Crippen LogP contribution in [0.1, 0.15) is 12.8 Å². The van der Waals surface area contributed by atoms with Crippen LogP contribution in [-0.2, 0) is 4.74 Å². The van der Waals surface area contributed by atoms with Crippen molar-refractivity contribution in [3.63, 3.8) is 0 Å². The van der Waals surface area contributed by atoms with E-state index in [-0.39, 0.29) is 0 Å². The van der Waals surface area contributed by atoms with Gasteiger partial charge in [0.1, 0.15) is 12.4 Å². The van der Waals surface area contributed by atoms with E-state index in [1.54, 1.807) is 7.11 Å². The first-order valence-electron chi connectivity index (χ1n) is 5.18. The summed E-state index contributed by atoms with van der Waals surface area (Å²) >= 11 is 0. The van der Waals surface area contributed by atoms with Crippen molar-refractivity contribution in [3.05, 3.63) is 30.3 Å². The van der Waals surface area contributed by atoms with E-state index in [4.69, 9.17) is 9.47 Å². The minimum absolute atomic E-state index is 0.341. The molecule has 1 aromatic rings. The van der Waals surface area contributed by atoms with Crippen molar-refractivity contribution in [2.75, 3.05) is 20.3 Å². The third-order valence-corrected chi connectivity index (χ3v) is 2.07. The molecule has 1 unspecified atom stereocenters. The molecule has 0 aliphatic carbocycles. The number of aliphatic hydroxyl groups excluding tert-OH is 1. The monoisotopic (exact) mass is 210 g/mol. The average molecular weight is 210 g/mol. The number of benzene rings is 1. The summed E-state index contributed by atoms with van der Waals surface area (Å²) in [4.78, 5) is 0. The lowest BCUT2D eigenvalue weighted by molar-refractivity contribution is 0.0878. The van der Waals surface area contributed by atoms with Gasteiger partial charge in [-0.2, -0.15) is 0 Å². The molecule has 3 heteroatoms. The molecule has 0 aromatic heterocycles. The van der Waals surface area contributed by atoms with Gasteiger partial charge >= 0.3 is 0 Å². The summed E-state index contributed by atoms with van der Waals surface area (Å²) in [6.45, 7) is 1.02. The molecule has 0 saturated heterocycles. The zero-order valence-corrected chi connectivity index (χ0v) is 9.06. The van der Waals surface area contributed by atoms with Crippen molar-refractivity contribution in [3.8, 4) is 5.75 Å². The van der Waals surface area contributed by atoms with Crippen LogP contribution in [0.15, 0.2) is 30.3 Å². The number of rotatable bonds is 7. The van der Waals surface area contributed by atoms with Gasteiger partial charge in [0.15, 0.2) is 0 Å². The lowest BCUT2D eigenvalue weighted by Gasteiger charge is -2.11. The van der Waals surface area contributed by atoms with E-state index in [1.807, 2.05) is 30.3 Å². The van der Waals surface area contributed by atoms with Gasteiger partial charge in [-0.25, -0.2) is 0 Å². The summed E-state index contributed by atoms with van der Waals surface area (Å²) in [6.07, 6.45) is 1.15. The third-order valence-electron chi connectivity index (χ3n) is 2.07. The molecule has 1 aromatic carbocycles. The minimum Gasteiger partial charge on any atom is -0.491 e. The van der Waals surface area contributed by atoms with Crippen LogP contribution in [0, 0.1) is 0 Å². The van der Waals surface area contributed by atoms with Crippen molar-refractivity contribution in [2.24, 2.45) is 0 Å². The lowest BCUT2D eigenvalue weighted by Crippen LogP contribution is -2.17. The first-order valence-corrected chi connectivity index (χ1v) is 5.18. The smallest absolute Gasteiger partial charge is 0.119 e. The Morgan fingerprint density at radius 3 is 2.67 bits per heavy atom. The van der Waals surface area contributed by atoms with Crippen LogP contribution in [0.5, 0.6) is 5.75 Å². The van der Waals surface area contributed by atoms with E-state index in [0.29, 0.717) is 19.6 Å². The number of hydrogen-bond acceptors (Lipinski definition) is 3. The molecule has 84 valence electrons. The first-order chi connectivity index (χ1) is 7.33. The summed E-state index contributed by atoms with van der Waals surface area (Å²) in [5.41, 5.74) is 0. The Balaban J connectivity index is 2.14. The molecule has 0 fully saturated rings. The summed E-state index contributed by atoms with van der Waals surface area (Å²) in [7, 11) is 1.66. The summed E-state index contributed by atoms with van der Waals surface area (Å²) in [6, 6.07) is 9.50. The van der Waals surface area contributed by atoms with Gasteiger partial charge in [-0.15, -0.1) is 0 Å². The molecule has 0 amide bonds. The maximum atomic E-state index is 9.56. The summed E-state index contributed by atoms with van der Waals surface area (Å²) < 4.78 is 10.3. The molecular weight excluding hydrogens is 192 g/mol. The van der Waals surface area contributed by atoms with E-state index in [9.17, 15) is 5.11 Å². The Kier molecular flexibility index (Phi) is 5.81. The van der Waals surface area contributed by atoms with Gasteiger partial charge in [-0.05, 0) is 25.0 Å². The van der Waals surface area contributed by atoms with E-state index in [2.05, 4.69) is 0 Å². The second-order valence-corrected chi connectivity index (χ2v) is 3.41. The zero-order chi connectivity index (χ0) is 10.9. The van der Waals surface area contributed by atoms with Gasteiger partial charge in [0.05, 0.1) is 6.10 Å². The van der Waals surface area contributed by atoms with Crippen molar-refractivity contribution in [1.82, 2.24) is 0 Å². The third kappa shape index (κ3) is 5.40. The predicted molar refractivity (Wildman–Crippen MR) is 59.1 cm³/mol. The van der Waals surface area contributed by atoms with Crippen LogP contribution in [0.25, 0.3) is 0 Å². The van der Waals surface area contributed by atoms with Gasteiger partial charge < -0.3 is 14.6 Å². The number of hydrogen-bond donors (Lipinski definition) is 1. The molecule has 1 rings (SSSR count). The molecule has 3 nitrogen and oxygen atoms in total. The molecule has 0 spiro atoms. The highest BCUT2D eigenvalue weighted by atomic mass is 16.5. The molecule has 0 aliphatic heterocycles. The van der Waals surface area contributed by atoms with Crippen LogP contribution in [-0.4, -0.2) is 31.5 Å². The highest BCUT2D eigenvalue weighted by Crippen LogP contribution is 2.09. The van der Waals surface area contributed by atoms with Crippen LogP contribution >= 0.6 is 0 Å². The fraction of sp³-hybridized carbons (Fsp3) is 0.500. The Labute approximate surface area is 90.6 Å². The Bertz CT molecular complexity index is 248. The molecule has 1 N–H and O–H groups in total. The van der Waals surface area contributed by atoms with E-state index < -0.39 is 6.10 Å². The van der Waals surface area contributed by atoms with Crippen LogP contribution in [0.3, 0.4) is 0 Å². The van der Waals surface area contributed by atoms with Gasteiger partial charge in [-0.3, -0.25) is 0 Å². The first kappa shape index (κ1) is 12.0. The molecule has 0 aliphatic rings. The molecule has 0 radical (unpaired) electrons. The number of aliphatic hydroxyl groups is 1. The van der Waals surface area contributed by atoms with E-state index in [1.165, 1.54) is 0 Å². The largest absolute Gasteiger partial charge is 0.491 e. The molecule has 15 heavy (non-hydrogen) atoms. The minimum atomic E-state index is -0.416. The lowest BCUT2D eigenvalue weighted by atomic mass is 10.2. The van der Waals surface area contributed by atoms with Gasteiger partial charge in [0.2, 0.25) is 0 Å². The number of para-hydroxylation sites is 1. The molecule has 1 atom stereocenters.